The SMILES string of the molecule is Cc1ccc(Cl)c(F)c1C1CCNC1. The van der Waals surface area contributed by atoms with E-state index in [-0.39, 0.29) is 16.8 Å². The molecule has 1 aromatic rings. The van der Waals surface area contributed by atoms with Crippen molar-refractivity contribution in [1.29, 1.82) is 0 Å². The highest BCUT2D eigenvalue weighted by molar-refractivity contribution is 6.30. The number of halogens is 2. The Hall–Kier alpha value is -0.600. The van der Waals surface area contributed by atoms with Crippen molar-refractivity contribution in [2.75, 3.05) is 13.1 Å². The molecule has 14 heavy (non-hydrogen) atoms. The highest BCUT2D eigenvalue weighted by atomic mass is 35.5. The van der Waals surface area contributed by atoms with Crippen LogP contribution in [0.1, 0.15) is 23.5 Å². The number of nitrogens with one attached hydrogen (secondary N) is 1. The van der Waals surface area contributed by atoms with E-state index in [9.17, 15) is 4.39 Å². The van der Waals surface area contributed by atoms with Crippen LogP contribution in [-0.2, 0) is 0 Å². The predicted octanol–water partition coefficient (Wildman–Crippen LogP) is 2.86. The number of aryl methyl sites for hydroxylation is 1. The van der Waals surface area contributed by atoms with Crippen molar-refractivity contribution in [3.05, 3.63) is 34.1 Å². The molecule has 1 atom stereocenters. The highest BCUT2D eigenvalue weighted by Crippen LogP contribution is 2.31. The monoisotopic (exact) mass is 213 g/mol. The molecule has 3 heteroatoms. The van der Waals surface area contributed by atoms with Gasteiger partial charge in [0.25, 0.3) is 0 Å². The van der Waals surface area contributed by atoms with Gasteiger partial charge >= 0.3 is 0 Å². The first-order chi connectivity index (χ1) is 6.70. The van der Waals surface area contributed by atoms with E-state index in [1.807, 2.05) is 13.0 Å². The van der Waals surface area contributed by atoms with Gasteiger partial charge in [-0.1, -0.05) is 17.7 Å². The van der Waals surface area contributed by atoms with Gasteiger partial charge in [-0.15, -0.1) is 0 Å². The fourth-order valence-corrected chi connectivity index (χ4v) is 2.23. The van der Waals surface area contributed by atoms with Crippen LogP contribution in [0.5, 0.6) is 0 Å². The maximum Gasteiger partial charge on any atom is 0.145 e. The molecule has 0 spiro atoms. The van der Waals surface area contributed by atoms with Crippen LogP contribution in [0, 0.1) is 12.7 Å². The average Bonchev–Trinajstić information content (AvgIpc) is 2.65. The topological polar surface area (TPSA) is 12.0 Å². The fourth-order valence-electron chi connectivity index (χ4n) is 2.07. The summed E-state index contributed by atoms with van der Waals surface area (Å²) in [6.07, 6.45) is 0.998. The van der Waals surface area contributed by atoms with Gasteiger partial charge in [-0.05, 0) is 37.1 Å². The van der Waals surface area contributed by atoms with Crippen molar-refractivity contribution in [2.24, 2.45) is 0 Å². The van der Waals surface area contributed by atoms with Gasteiger partial charge in [0, 0.05) is 12.5 Å². The van der Waals surface area contributed by atoms with Gasteiger partial charge in [-0.25, -0.2) is 4.39 Å². The number of rotatable bonds is 1. The molecule has 1 unspecified atom stereocenters. The minimum atomic E-state index is -0.236. The summed E-state index contributed by atoms with van der Waals surface area (Å²) in [5.41, 5.74) is 1.79. The van der Waals surface area contributed by atoms with Crippen LogP contribution < -0.4 is 5.32 Å². The molecule has 1 saturated heterocycles. The second-order valence-corrected chi connectivity index (χ2v) is 4.19. The second-order valence-electron chi connectivity index (χ2n) is 3.78. The zero-order valence-electron chi connectivity index (χ0n) is 8.11. The van der Waals surface area contributed by atoms with Gasteiger partial charge in [0.2, 0.25) is 0 Å². The van der Waals surface area contributed by atoms with Crippen LogP contribution in [0.25, 0.3) is 0 Å². The molecule has 1 aliphatic rings. The van der Waals surface area contributed by atoms with Gasteiger partial charge < -0.3 is 5.32 Å². The molecular weight excluding hydrogens is 201 g/mol. The van der Waals surface area contributed by atoms with Crippen molar-refractivity contribution in [3.63, 3.8) is 0 Å². The van der Waals surface area contributed by atoms with E-state index in [4.69, 9.17) is 11.6 Å². The molecule has 0 saturated carbocycles. The molecule has 0 radical (unpaired) electrons. The van der Waals surface area contributed by atoms with Crippen molar-refractivity contribution >= 4 is 11.6 Å². The van der Waals surface area contributed by atoms with Crippen LogP contribution >= 0.6 is 11.6 Å². The summed E-state index contributed by atoms with van der Waals surface area (Å²) in [4.78, 5) is 0. The summed E-state index contributed by atoms with van der Waals surface area (Å²) >= 11 is 5.77. The standard InChI is InChI=1S/C11H13ClFN/c1-7-2-3-9(12)11(13)10(7)8-4-5-14-6-8/h2-3,8,14H,4-6H2,1H3. The maximum atomic E-state index is 13.8. The molecule has 1 heterocycles. The molecular formula is C11H13ClFN. The van der Waals surface area contributed by atoms with Crippen LogP contribution in [0.4, 0.5) is 4.39 Å². The van der Waals surface area contributed by atoms with Crippen molar-refractivity contribution < 1.29 is 4.39 Å². The van der Waals surface area contributed by atoms with Crippen molar-refractivity contribution in [1.82, 2.24) is 5.32 Å². The van der Waals surface area contributed by atoms with Crippen molar-refractivity contribution in [2.45, 2.75) is 19.3 Å². The van der Waals surface area contributed by atoms with E-state index >= 15 is 0 Å². The fraction of sp³-hybridized carbons (Fsp3) is 0.455. The van der Waals surface area contributed by atoms with Gasteiger partial charge in [-0.3, -0.25) is 0 Å². The first-order valence-corrected chi connectivity index (χ1v) is 5.23. The summed E-state index contributed by atoms with van der Waals surface area (Å²) in [7, 11) is 0. The van der Waals surface area contributed by atoms with Crippen molar-refractivity contribution in [3.8, 4) is 0 Å². The molecule has 1 N–H and O–H groups in total. The number of hydrogen-bond donors (Lipinski definition) is 1. The third kappa shape index (κ3) is 1.64. The zero-order valence-corrected chi connectivity index (χ0v) is 8.87. The lowest BCUT2D eigenvalue weighted by Gasteiger charge is -2.14. The Kier molecular flexibility index (Phi) is 2.75. The van der Waals surface area contributed by atoms with Crippen LogP contribution in [0.15, 0.2) is 12.1 Å². The second kappa shape index (κ2) is 3.87. The average molecular weight is 214 g/mol. The maximum absolute atomic E-state index is 13.8. The number of hydrogen-bond acceptors (Lipinski definition) is 1. The molecule has 1 aliphatic heterocycles. The molecule has 1 fully saturated rings. The molecule has 0 bridgehead atoms. The lowest BCUT2D eigenvalue weighted by atomic mass is 9.93. The molecule has 1 aromatic carbocycles. The molecule has 1 nitrogen and oxygen atoms in total. The Bertz CT molecular complexity index is 345. The van der Waals surface area contributed by atoms with E-state index < -0.39 is 0 Å². The highest BCUT2D eigenvalue weighted by Gasteiger charge is 2.22. The van der Waals surface area contributed by atoms with E-state index in [1.54, 1.807) is 6.07 Å². The summed E-state index contributed by atoms with van der Waals surface area (Å²) in [5, 5.41) is 3.47. The molecule has 0 aromatic heterocycles. The van der Waals surface area contributed by atoms with Crippen LogP contribution in [-0.4, -0.2) is 13.1 Å². The Balaban J connectivity index is 2.44. The normalized spacial score (nSPS) is 21.5. The first-order valence-electron chi connectivity index (χ1n) is 4.85. The van der Waals surface area contributed by atoms with Crippen LogP contribution in [0.2, 0.25) is 5.02 Å². The Morgan fingerprint density at radius 3 is 2.93 bits per heavy atom. The third-order valence-corrected chi connectivity index (χ3v) is 3.11. The largest absolute Gasteiger partial charge is 0.316 e. The van der Waals surface area contributed by atoms with Crippen LogP contribution in [0.3, 0.4) is 0 Å². The summed E-state index contributed by atoms with van der Waals surface area (Å²) in [6, 6.07) is 3.51. The van der Waals surface area contributed by atoms with Gasteiger partial charge in [-0.2, -0.15) is 0 Å². The predicted molar refractivity (Wildman–Crippen MR) is 56.4 cm³/mol. The van der Waals surface area contributed by atoms with E-state index in [0.717, 1.165) is 30.6 Å². The summed E-state index contributed by atoms with van der Waals surface area (Å²) < 4.78 is 13.8. The summed E-state index contributed by atoms with van der Waals surface area (Å²) in [6.45, 7) is 3.77. The van der Waals surface area contributed by atoms with Gasteiger partial charge in [0.15, 0.2) is 0 Å². The third-order valence-electron chi connectivity index (χ3n) is 2.82. The molecule has 2 rings (SSSR count). The Morgan fingerprint density at radius 1 is 1.50 bits per heavy atom. The first kappa shape index (κ1) is 9.94. The zero-order chi connectivity index (χ0) is 10.1. The summed E-state index contributed by atoms with van der Waals surface area (Å²) in [5.74, 6) is 0.0501. The Labute approximate surface area is 88.3 Å². The smallest absolute Gasteiger partial charge is 0.145 e. The lowest BCUT2D eigenvalue weighted by Crippen LogP contribution is -2.10. The quantitative estimate of drug-likeness (QED) is 0.757. The number of benzene rings is 1. The minimum absolute atomic E-state index is 0.234. The Morgan fingerprint density at radius 2 is 2.29 bits per heavy atom. The minimum Gasteiger partial charge on any atom is -0.316 e. The molecule has 76 valence electrons. The molecule has 0 amide bonds. The molecule has 0 aliphatic carbocycles. The van der Waals surface area contributed by atoms with Gasteiger partial charge in [0.1, 0.15) is 5.82 Å². The van der Waals surface area contributed by atoms with Gasteiger partial charge in [0.05, 0.1) is 5.02 Å². The lowest BCUT2D eigenvalue weighted by molar-refractivity contribution is 0.586. The van der Waals surface area contributed by atoms with E-state index in [2.05, 4.69) is 5.32 Å². The van der Waals surface area contributed by atoms with E-state index in [0.29, 0.717) is 0 Å². The van der Waals surface area contributed by atoms with E-state index in [1.165, 1.54) is 0 Å².